The van der Waals surface area contributed by atoms with Crippen LogP contribution in [0, 0.1) is 22.5 Å². The lowest BCUT2D eigenvalue weighted by molar-refractivity contribution is -0.384. The number of aliphatic hydroxyl groups is 1. The number of carbonyl (C=O) groups excluding carboxylic acids is 1. The van der Waals surface area contributed by atoms with E-state index in [2.05, 4.69) is 12.6 Å². The summed E-state index contributed by atoms with van der Waals surface area (Å²) in [5, 5.41) is 22.0. The van der Waals surface area contributed by atoms with Crippen molar-refractivity contribution in [2.45, 2.75) is 56.7 Å². The first-order valence-electron chi connectivity index (χ1n) is 10.7. The van der Waals surface area contributed by atoms with Crippen LogP contribution in [0.1, 0.15) is 59.8 Å². The molecule has 1 spiro atoms. The lowest BCUT2D eigenvalue weighted by Gasteiger charge is -2.41. The van der Waals surface area contributed by atoms with Crippen molar-refractivity contribution < 1.29 is 19.6 Å². The Hall–Kier alpha value is -2.99. The van der Waals surface area contributed by atoms with Gasteiger partial charge in [-0.3, -0.25) is 14.9 Å². The number of nitrogens with zero attached hydrogens (tertiary/aromatic N) is 1. The molecule has 2 fully saturated rings. The summed E-state index contributed by atoms with van der Waals surface area (Å²) < 4.78 is 5.77. The summed E-state index contributed by atoms with van der Waals surface area (Å²) in [6.45, 7) is 6.24. The van der Waals surface area contributed by atoms with Crippen molar-refractivity contribution in [3.8, 4) is 0 Å². The number of ether oxygens (including phenoxy) is 1. The van der Waals surface area contributed by atoms with Gasteiger partial charge in [0.2, 0.25) is 0 Å². The zero-order chi connectivity index (χ0) is 22.0. The highest BCUT2D eigenvalue weighted by Gasteiger charge is 2.66. The predicted molar refractivity (Wildman–Crippen MR) is 115 cm³/mol. The molecule has 160 valence electrons. The van der Waals surface area contributed by atoms with E-state index in [0.717, 1.165) is 23.1 Å². The van der Waals surface area contributed by atoms with E-state index in [4.69, 9.17) is 4.74 Å². The average Bonchev–Trinajstić information content (AvgIpc) is 3.13. The normalized spacial score (nSPS) is 30.6. The summed E-state index contributed by atoms with van der Waals surface area (Å²) >= 11 is 0. The number of nitro groups is 1. The molecule has 1 N–H and O–H groups in total. The van der Waals surface area contributed by atoms with E-state index >= 15 is 0 Å². The first-order valence-corrected chi connectivity index (χ1v) is 10.7. The fourth-order valence-corrected chi connectivity index (χ4v) is 6.34. The highest BCUT2D eigenvalue weighted by Crippen LogP contribution is 2.71. The lowest BCUT2D eigenvalue weighted by Crippen LogP contribution is -2.40. The molecule has 0 aliphatic heterocycles. The summed E-state index contributed by atoms with van der Waals surface area (Å²) in [6, 6.07) is 12.2. The largest absolute Gasteiger partial charge is 0.460 e. The van der Waals surface area contributed by atoms with Crippen molar-refractivity contribution in [3.63, 3.8) is 0 Å². The van der Waals surface area contributed by atoms with E-state index in [1.807, 2.05) is 19.1 Å². The molecule has 2 aromatic carbocycles. The molecular weight excluding hydrogens is 394 g/mol. The van der Waals surface area contributed by atoms with E-state index in [-0.39, 0.29) is 24.2 Å². The van der Waals surface area contributed by atoms with Gasteiger partial charge in [0.15, 0.2) is 0 Å². The second kappa shape index (κ2) is 6.76. The maximum atomic E-state index is 13.5. The number of non-ortho nitro benzene ring substituents is 1. The van der Waals surface area contributed by atoms with E-state index in [1.165, 1.54) is 17.7 Å². The quantitative estimate of drug-likeness (QED) is 0.336. The third-order valence-electron chi connectivity index (χ3n) is 7.72. The summed E-state index contributed by atoms with van der Waals surface area (Å²) in [7, 11) is 0. The molecule has 6 nitrogen and oxygen atoms in total. The van der Waals surface area contributed by atoms with Gasteiger partial charge in [0.05, 0.1) is 16.4 Å². The van der Waals surface area contributed by atoms with Crippen molar-refractivity contribution in [1.29, 1.82) is 0 Å². The van der Waals surface area contributed by atoms with Crippen LogP contribution in [0.5, 0.6) is 0 Å². The second-order valence-electron chi connectivity index (χ2n) is 9.36. The zero-order valence-electron chi connectivity index (χ0n) is 17.5. The number of hydrogen-bond donors (Lipinski definition) is 1. The molecule has 0 saturated heterocycles. The fraction of sp³-hybridized carbons (Fsp3) is 0.400. The Labute approximate surface area is 180 Å². The van der Waals surface area contributed by atoms with Crippen LogP contribution in [-0.4, -0.2) is 21.6 Å². The number of hydrogen-bond acceptors (Lipinski definition) is 5. The first-order chi connectivity index (χ1) is 14.7. The van der Waals surface area contributed by atoms with Gasteiger partial charge in [-0.05, 0) is 78.5 Å². The maximum Gasteiger partial charge on any atom is 0.314 e. The Balaban J connectivity index is 1.47. The van der Waals surface area contributed by atoms with E-state index in [9.17, 15) is 20.0 Å². The number of nitro benzene ring substituents is 1. The van der Waals surface area contributed by atoms with Crippen LogP contribution < -0.4 is 0 Å². The smallest absolute Gasteiger partial charge is 0.314 e. The summed E-state index contributed by atoms with van der Waals surface area (Å²) in [5.41, 5.74) is 3.55. The van der Waals surface area contributed by atoms with Gasteiger partial charge in [-0.25, -0.2) is 0 Å². The van der Waals surface area contributed by atoms with E-state index in [1.54, 1.807) is 12.1 Å². The Kier molecular flexibility index (Phi) is 4.35. The summed E-state index contributed by atoms with van der Waals surface area (Å²) in [5.74, 6) is -0.535. The number of aryl methyl sites for hydroxylation is 1. The highest BCUT2D eigenvalue weighted by molar-refractivity contribution is 5.83. The van der Waals surface area contributed by atoms with Crippen LogP contribution in [0.4, 0.5) is 5.69 Å². The SMILES string of the molecule is C=C1C[C@]23C[C@]1(O)CC[C@H]2c1cccc(C)c1[C@@H]3C(=O)OCc1ccc([N+](=O)[O-])cc1. The minimum atomic E-state index is -0.899. The Morgan fingerprint density at radius 1 is 1.29 bits per heavy atom. The first kappa shape index (κ1) is 19.9. The van der Waals surface area contributed by atoms with Crippen LogP contribution in [-0.2, 0) is 16.1 Å². The van der Waals surface area contributed by atoms with Crippen LogP contribution >= 0.6 is 0 Å². The second-order valence-corrected chi connectivity index (χ2v) is 9.36. The molecule has 3 aliphatic carbocycles. The molecule has 0 aromatic heterocycles. The number of carbonyl (C=O) groups is 1. The van der Waals surface area contributed by atoms with Crippen molar-refractivity contribution in [2.75, 3.05) is 0 Å². The third kappa shape index (κ3) is 2.85. The molecule has 6 heteroatoms. The van der Waals surface area contributed by atoms with E-state index in [0.29, 0.717) is 24.8 Å². The Bertz CT molecular complexity index is 1110. The molecular formula is C25H25NO5. The van der Waals surface area contributed by atoms with Gasteiger partial charge in [0, 0.05) is 17.5 Å². The Morgan fingerprint density at radius 3 is 2.74 bits per heavy atom. The molecule has 5 rings (SSSR count). The molecule has 0 unspecified atom stereocenters. The molecule has 0 radical (unpaired) electrons. The maximum absolute atomic E-state index is 13.5. The lowest BCUT2D eigenvalue weighted by atomic mass is 9.63. The van der Waals surface area contributed by atoms with Crippen molar-refractivity contribution in [3.05, 3.63) is 87.0 Å². The van der Waals surface area contributed by atoms with Gasteiger partial charge in [-0.1, -0.05) is 24.8 Å². The summed E-state index contributed by atoms with van der Waals surface area (Å²) in [6.07, 6.45) is 2.67. The van der Waals surface area contributed by atoms with Crippen molar-refractivity contribution in [2.24, 2.45) is 5.41 Å². The molecule has 3 aliphatic rings. The molecule has 31 heavy (non-hydrogen) atoms. The minimum Gasteiger partial charge on any atom is -0.460 e. The molecule has 2 saturated carbocycles. The number of rotatable bonds is 4. The molecule has 2 bridgehead atoms. The fourth-order valence-electron chi connectivity index (χ4n) is 6.34. The predicted octanol–water partition coefficient (Wildman–Crippen LogP) is 4.69. The van der Waals surface area contributed by atoms with Gasteiger partial charge in [-0.2, -0.15) is 0 Å². The van der Waals surface area contributed by atoms with Gasteiger partial charge < -0.3 is 9.84 Å². The zero-order valence-corrected chi connectivity index (χ0v) is 17.5. The standard InChI is InChI=1S/C25H25NO5/c1-15-4-3-5-19-20-10-11-25(28)14-24(20,12-16(25)2)22(21(15)19)23(27)31-13-17-6-8-18(9-7-17)26(29)30/h3-9,20,22,28H,2,10-14H2,1H3/t20-,22+,24-,25+/m0/s1. The average molecular weight is 419 g/mol. The van der Waals surface area contributed by atoms with Crippen LogP contribution in [0.15, 0.2) is 54.6 Å². The third-order valence-corrected chi connectivity index (χ3v) is 7.72. The van der Waals surface area contributed by atoms with Crippen molar-refractivity contribution >= 4 is 11.7 Å². The van der Waals surface area contributed by atoms with E-state index < -0.39 is 21.9 Å². The monoisotopic (exact) mass is 419 g/mol. The van der Waals surface area contributed by atoms with Gasteiger partial charge in [-0.15, -0.1) is 0 Å². The van der Waals surface area contributed by atoms with Crippen molar-refractivity contribution in [1.82, 2.24) is 0 Å². The molecule has 2 aromatic rings. The molecule has 4 atom stereocenters. The number of esters is 1. The summed E-state index contributed by atoms with van der Waals surface area (Å²) in [4.78, 5) is 23.9. The number of fused-ring (bicyclic) bond motifs is 3. The molecule has 0 heterocycles. The van der Waals surface area contributed by atoms with Crippen LogP contribution in [0.3, 0.4) is 0 Å². The molecule has 0 amide bonds. The minimum absolute atomic E-state index is 0.00288. The van der Waals surface area contributed by atoms with Crippen LogP contribution in [0.2, 0.25) is 0 Å². The van der Waals surface area contributed by atoms with Crippen LogP contribution in [0.25, 0.3) is 0 Å². The van der Waals surface area contributed by atoms with Gasteiger partial charge in [0.1, 0.15) is 6.61 Å². The topological polar surface area (TPSA) is 89.7 Å². The number of benzene rings is 2. The van der Waals surface area contributed by atoms with Gasteiger partial charge >= 0.3 is 5.97 Å². The highest BCUT2D eigenvalue weighted by atomic mass is 16.6. The Morgan fingerprint density at radius 2 is 2.03 bits per heavy atom. The van der Waals surface area contributed by atoms with Gasteiger partial charge in [0.25, 0.3) is 5.69 Å².